The van der Waals surface area contributed by atoms with E-state index in [0.717, 1.165) is 52.1 Å². The van der Waals surface area contributed by atoms with Crippen LogP contribution in [0.4, 0.5) is 16.0 Å². The minimum Gasteiger partial charge on any atom is -0.338 e. The molecule has 2 aromatic heterocycles. The molecule has 0 amide bonds. The summed E-state index contributed by atoms with van der Waals surface area (Å²) in [6.07, 6.45) is 7.63. The fraction of sp³-hybridized carbons (Fsp3) is 0.588. The van der Waals surface area contributed by atoms with Gasteiger partial charge in [0.15, 0.2) is 5.82 Å². The third-order valence-corrected chi connectivity index (χ3v) is 5.97. The summed E-state index contributed by atoms with van der Waals surface area (Å²) >= 11 is 0. The molecule has 0 bridgehead atoms. The van der Waals surface area contributed by atoms with Crippen LogP contribution < -0.4 is 9.62 Å². The van der Waals surface area contributed by atoms with Gasteiger partial charge in [-0.05, 0) is 26.3 Å². The molecule has 0 aromatic carbocycles. The van der Waals surface area contributed by atoms with Gasteiger partial charge in [0.2, 0.25) is 16.0 Å². The average Bonchev–Trinajstić information content (AvgIpc) is 3.13. The number of sulfonamides is 1. The Kier molecular flexibility index (Phi) is 6.79. The Balaban J connectivity index is 1.34. The number of nitrogens with zero attached hydrogens (tertiary/aromatic N) is 6. The molecule has 28 heavy (non-hydrogen) atoms. The van der Waals surface area contributed by atoms with Gasteiger partial charge in [0, 0.05) is 38.9 Å². The summed E-state index contributed by atoms with van der Waals surface area (Å²) in [5.74, 6) is 0.197. The van der Waals surface area contributed by atoms with Crippen LogP contribution in [0.25, 0.3) is 0 Å². The summed E-state index contributed by atoms with van der Waals surface area (Å²) in [5.41, 5.74) is 0.501. The highest BCUT2D eigenvalue weighted by Crippen LogP contribution is 2.12. The number of hydrogen-bond acceptors (Lipinski definition) is 7. The van der Waals surface area contributed by atoms with E-state index in [2.05, 4.69) is 29.6 Å². The smallest absolute Gasteiger partial charge is 0.232 e. The Bertz CT molecular complexity index is 849. The number of hydrogen-bond donors (Lipinski definition) is 1. The van der Waals surface area contributed by atoms with Crippen LogP contribution in [0.15, 0.2) is 24.8 Å². The van der Waals surface area contributed by atoms with Crippen LogP contribution in [0.1, 0.15) is 19.8 Å². The lowest BCUT2D eigenvalue weighted by molar-refractivity contribution is 0.249. The molecular formula is C17H26FN7O2S. The first-order valence-corrected chi connectivity index (χ1v) is 11.1. The molecule has 0 spiro atoms. The number of piperazine rings is 1. The van der Waals surface area contributed by atoms with Gasteiger partial charge in [0.05, 0.1) is 30.0 Å². The zero-order valence-electron chi connectivity index (χ0n) is 16.0. The molecule has 0 aliphatic carbocycles. The summed E-state index contributed by atoms with van der Waals surface area (Å²) in [6, 6.07) is 0. The molecule has 1 N–H and O–H groups in total. The van der Waals surface area contributed by atoms with E-state index < -0.39 is 15.8 Å². The standard InChI is InChI=1S/C17H26FN7O2S/c1-2-28(26,27)22-16-13-21-25(14-16)6-4-3-5-23-7-9-24(10-8-23)17-19-11-15(18)12-20-17/h11-14,22H,2-10H2,1H3. The third-order valence-electron chi connectivity index (χ3n) is 4.66. The quantitative estimate of drug-likeness (QED) is 0.619. The summed E-state index contributed by atoms with van der Waals surface area (Å²) < 4.78 is 40.3. The largest absolute Gasteiger partial charge is 0.338 e. The van der Waals surface area contributed by atoms with E-state index in [0.29, 0.717) is 11.6 Å². The Morgan fingerprint density at radius 2 is 1.75 bits per heavy atom. The van der Waals surface area contributed by atoms with Gasteiger partial charge in [-0.1, -0.05) is 0 Å². The summed E-state index contributed by atoms with van der Waals surface area (Å²) in [5, 5.41) is 4.20. The zero-order chi connectivity index (χ0) is 20.0. The summed E-state index contributed by atoms with van der Waals surface area (Å²) in [6.45, 7) is 6.83. The SMILES string of the molecule is CCS(=O)(=O)Nc1cnn(CCCCN2CCN(c3ncc(F)cn3)CC2)c1. The van der Waals surface area contributed by atoms with Crippen molar-refractivity contribution >= 4 is 21.7 Å². The van der Waals surface area contributed by atoms with Crippen LogP contribution in [0, 0.1) is 5.82 Å². The van der Waals surface area contributed by atoms with Crippen molar-refractivity contribution in [3.63, 3.8) is 0 Å². The minimum absolute atomic E-state index is 0.0404. The maximum atomic E-state index is 12.9. The number of rotatable bonds is 9. The van der Waals surface area contributed by atoms with Crippen molar-refractivity contribution in [2.24, 2.45) is 0 Å². The van der Waals surface area contributed by atoms with Gasteiger partial charge in [-0.2, -0.15) is 5.10 Å². The highest BCUT2D eigenvalue weighted by atomic mass is 32.2. The van der Waals surface area contributed by atoms with Gasteiger partial charge in [-0.3, -0.25) is 14.3 Å². The van der Waals surface area contributed by atoms with Gasteiger partial charge in [-0.25, -0.2) is 22.8 Å². The van der Waals surface area contributed by atoms with Gasteiger partial charge in [-0.15, -0.1) is 0 Å². The van der Waals surface area contributed by atoms with Crippen LogP contribution in [0.5, 0.6) is 0 Å². The molecule has 2 aromatic rings. The first-order chi connectivity index (χ1) is 13.4. The molecule has 3 rings (SSSR count). The number of unbranched alkanes of at least 4 members (excludes halogenated alkanes) is 1. The predicted molar refractivity (Wildman–Crippen MR) is 105 cm³/mol. The van der Waals surface area contributed by atoms with Crippen LogP contribution in [-0.2, 0) is 16.6 Å². The maximum absolute atomic E-state index is 12.9. The van der Waals surface area contributed by atoms with E-state index in [1.165, 1.54) is 18.6 Å². The molecule has 0 atom stereocenters. The topological polar surface area (TPSA) is 96.2 Å². The van der Waals surface area contributed by atoms with Gasteiger partial charge in [0.25, 0.3) is 0 Å². The van der Waals surface area contributed by atoms with Crippen LogP contribution >= 0.6 is 0 Å². The first-order valence-electron chi connectivity index (χ1n) is 9.43. The number of nitrogens with one attached hydrogen (secondary N) is 1. The van der Waals surface area contributed by atoms with Crippen molar-refractivity contribution in [2.45, 2.75) is 26.3 Å². The van der Waals surface area contributed by atoms with E-state index >= 15 is 0 Å². The maximum Gasteiger partial charge on any atom is 0.232 e. The highest BCUT2D eigenvalue weighted by molar-refractivity contribution is 7.92. The second kappa shape index (κ2) is 9.28. The van der Waals surface area contributed by atoms with Crippen molar-refractivity contribution in [1.82, 2.24) is 24.6 Å². The molecule has 1 aliphatic heterocycles. The molecule has 0 saturated carbocycles. The monoisotopic (exact) mass is 411 g/mol. The number of aromatic nitrogens is 4. The Labute approximate surface area is 164 Å². The lowest BCUT2D eigenvalue weighted by Crippen LogP contribution is -2.47. The molecule has 1 fully saturated rings. The minimum atomic E-state index is -3.27. The Morgan fingerprint density at radius 3 is 2.43 bits per heavy atom. The van der Waals surface area contributed by atoms with Gasteiger partial charge < -0.3 is 4.90 Å². The van der Waals surface area contributed by atoms with E-state index in [1.54, 1.807) is 17.8 Å². The number of halogens is 1. The molecule has 3 heterocycles. The van der Waals surface area contributed by atoms with Crippen molar-refractivity contribution in [3.8, 4) is 0 Å². The number of aryl methyl sites for hydroxylation is 1. The fourth-order valence-corrected chi connectivity index (χ4v) is 3.65. The molecule has 0 radical (unpaired) electrons. The van der Waals surface area contributed by atoms with E-state index in [4.69, 9.17) is 0 Å². The van der Waals surface area contributed by atoms with Gasteiger partial charge >= 0.3 is 0 Å². The van der Waals surface area contributed by atoms with E-state index in [9.17, 15) is 12.8 Å². The fourth-order valence-electron chi connectivity index (χ4n) is 3.04. The molecule has 1 saturated heterocycles. The lowest BCUT2D eigenvalue weighted by atomic mass is 10.2. The van der Waals surface area contributed by atoms with E-state index in [-0.39, 0.29) is 5.75 Å². The van der Waals surface area contributed by atoms with E-state index in [1.807, 2.05) is 0 Å². The molecule has 1 aliphatic rings. The normalized spacial score (nSPS) is 15.7. The highest BCUT2D eigenvalue weighted by Gasteiger charge is 2.18. The predicted octanol–water partition coefficient (Wildman–Crippen LogP) is 1.18. The van der Waals surface area contributed by atoms with Gasteiger partial charge in [0.1, 0.15) is 0 Å². The Morgan fingerprint density at radius 1 is 1.07 bits per heavy atom. The third kappa shape index (κ3) is 5.86. The Hall–Kier alpha value is -2.27. The molecule has 0 unspecified atom stereocenters. The number of anilines is 2. The first kappa shape index (κ1) is 20.5. The van der Waals surface area contributed by atoms with Crippen molar-refractivity contribution < 1.29 is 12.8 Å². The zero-order valence-corrected chi connectivity index (χ0v) is 16.8. The lowest BCUT2D eigenvalue weighted by Gasteiger charge is -2.34. The van der Waals surface area contributed by atoms with Crippen LogP contribution in [0.2, 0.25) is 0 Å². The molecule has 11 heteroatoms. The average molecular weight is 412 g/mol. The van der Waals surface area contributed by atoms with Crippen molar-refractivity contribution in [3.05, 3.63) is 30.6 Å². The van der Waals surface area contributed by atoms with Crippen molar-refractivity contribution in [2.75, 3.05) is 48.1 Å². The summed E-state index contributed by atoms with van der Waals surface area (Å²) in [7, 11) is -3.27. The van der Waals surface area contributed by atoms with Crippen molar-refractivity contribution in [1.29, 1.82) is 0 Å². The molecule has 154 valence electrons. The molecular weight excluding hydrogens is 385 g/mol. The second-order valence-corrected chi connectivity index (χ2v) is 8.75. The van der Waals surface area contributed by atoms with Crippen LogP contribution in [0.3, 0.4) is 0 Å². The van der Waals surface area contributed by atoms with Crippen LogP contribution in [-0.4, -0.2) is 71.5 Å². The summed E-state index contributed by atoms with van der Waals surface area (Å²) in [4.78, 5) is 12.5. The molecule has 9 nitrogen and oxygen atoms in total. The second-order valence-electron chi connectivity index (χ2n) is 6.73.